The summed E-state index contributed by atoms with van der Waals surface area (Å²) in [7, 11) is 0. The number of halogens is 2. The summed E-state index contributed by atoms with van der Waals surface area (Å²) >= 11 is 5.47. The molecular formula is C15H11ClFNO. The standard InChI is InChI=1S/C15H11ClFNO/c16-6-3-4-12-8-13(17)10-15(9-12)19-11-14-5-1-2-7-18-14/h1-2,5,7-10H,6,11H2. The molecule has 4 heteroatoms. The van der Waals surface area contributed by atoms with Gasteiger partial charge in [-0.3, -0.25) is 4.98 Å². The Morgan fingerprint density at radius 2 is 2.16 bits per heavy atom. The van der Waals surface area contributed by atoms with Crippen LogP contribution in [0.5, 0.6) is 5.75 Å². The monoisotopic (exact) mass is 275 g/mol. The lowest BCUT2D eigenvalue weighted by molar-refractivity contribution is 0.299. The van der Waals surface area contributed by atoms with Crippen LogP contribution in [-0.2, 0) is 6.61 Å². The number of alkyl halides is 1. The van der Waals surface area contributed by atoms with Crippen molar-refractivity contribution in [1.82, 2.24) is 4.98 Å². The molecular weight excluding hydrogens is 265 g/mol. The van der Waals surface area contributed by atoms with E-state index in [9.17, 15) is 4.39 Å². The van der Waals surface area contributed by atoms with Gasteiger partial charge >= 0.3 is 0 Å². The SMILES string of the molecule is Fc1cc(C#CCCl)cc(OCc2ccccn2)c1. The third-order valence-electron chi connectivity index (χ3n) is 2.28. The largest absolute Gasteiger partial charge is 0.487 e. The summed E-state index contributed by atoms with van der Waals surface area (Å²) in [4.78, 5) is 4.12. The number of rotatable bonds is 3. The van der Waals surface area contributed by atoms with Crippen LogP contribution in [0.4, 0.5) is 4.39 Å². The molecule has 0 saturated heterocycles. The second-order valence-electron chi connectivity index (χ2n) is 3.72. The Kier molecular flexibility index (Phi) is 4.77. The fraction of sp³-hybridized carbons (Fsp3) is 0.133. The van der Waals surface area contributed by atoms with Gasteiger partial charge in [-0.25, -0.2) is 4.39 Å². The van der Waals surface area contributed by atoms with Crippen molar-refractivity contribution in [3.63, 3.8) is 0 Å². The Morgan fingerprint density at radius 1 is 1.26 bits per heavy atom. The lowest BCUT2D eigenvalue weighted by atomic mass is 10.2. The summed E-state index contributed by atoms with van der Waals surface area (Å²) < 4.78 is 18.9. The van der Waals surface area contributed by atoms with E-state index in [0.29, 0.717) is 11.3 Å². The highest BCUT2D eigenvalue weighted by molar-refractivity contribution is 6.19. The maximum atomic E-state index is 13.4. The predicted octanol–water partition coefficient (Wildman–Crippen LogP) is 3.39. The van der Waals surface area contributed by atoms with Crippen molar-refractivity contribution < 1.29 is 9.13 Å². The average molecular weight is 276 g/mol. The number of aromatic nitrogens is 1. The van der Waals surface area contributed by atoms with Crippen molar-refractivity contribution in [2.75, 3.05) is 5.88 Å². The van der Waals surface area contributed by atoms with Crippen molar-refractivity contribution in [1.29, 1.82) is 0 Å². The van der Waals surface area contributed by atoms with Crippen LogP contribution in [0.15, 0.2) is 42.6 Å². The third kappa shape index (κ3) is 4.27. The van der Waals surface area contributed by atoms with Gasteiger partial charge in [-0.1, -0.05) is 17.9 Å². The van der Waals surface area contributed by atoms with Crippen molar-refractivity contribution in [2.24, 2.45) is 0 Å². The molecule has 2 nitrogen and oxygen atoms in total. The summed E-state index contributed by atoms with van der Waals surface area (Å²) in [5.41, 5.74) is 1.32. The maximum Gasteiger partial charge on any atom is 0.130 e. The van der Waals surface area contributed by atoms with Crippen LogP contribution in [0.1, 0.15) is 11.3 Å². The number of pyridine rings is 1. The molecule has 0 aliphatic heterocycles. The van der Waals surface area contributed by atoms with Gasteiger partial charge in [0.15, 0.2) is 0 Å². The highest BCUT2D eigenvalue weighted by Gasteiger charge is 2.01. The maximum absolute atomic E-state index is 13.4. The molecule has 1 heterocycles. The Balaban J connectivity index is 2.10. The topological polar surface area (TPSA) is 22.1 Å². The van der Waals surface area contributed by atoms with Crippen molar-refractivity contribution in [2.45, 2.75) is 6.61 Å². The molecule has 0 fully saturated rings. The second-order valence-corrected chi connectivity index (χ2v) is 3.99. The summed E-state index contributed by atoms with van der Waals surface area (Å²) in [6.07, 6.45) is 1.68. The number of hydrogen-bond acceptors (Lipinski definition) is 2. The zero-order valence-corrected chi connectivity index (χ0v) is 10.8. The minimum absolute atomic E-state index is 0.209. The second kappa shape index (κ2) is 6.77. The zero-order chi connectivity index (χ0) is 13.5. The summed E-state index contributed by atoms with van der Waals surface area (Å²) in [5, 5.41) is 0. The van der Waals surface area contributed by atoms with Crippen LogP contribution >= 0.6 is 11.6 Å². The van der Waals surface area contributed by atoms with Crippen molar-refractivity contribution in [3.05, 3.63) is 59.7 Å². The highest BCUT2D eigenvalue weighted by atomic mass is 35.5. The number of nitrogens with zero attached hydrogens (tertiary/aromatic N) is 1. The van der Waals surface area contributed by atoms with Gasteiger partial charge in [0.05, 0.1) is 11.6 Å². The molecule has 0 bridgehead atoms. The molecule has 0 aliphatic rings. The normalized spacial score (nSPS) is 9.58. The first-order chi connectivity index (χ1) is 9.28. The van der Waals surface area contributed by atoms with Gasteiger partial charge in [0, 0.05) is 17.8 Å². The Bertz CT molecular complexity index is 605. The summed E-state index contributed by atoms with van der Waals surface area (Å²) in [6.45, 7) is 0.284. The van der Waals surface area contributed by atoms with E-state index in [1.165, 1.54) is 12.1 Å². The Hall–Kier alpha value is -2.05. The van der Waals surface area contributed by atoms with E-state index in [4.69, 9.17) is 16.3 Å². The average Bonchev–Trinajstić information content (AvgIpc) is 2.43. The molecule has 19 heavy (non-hydrogen) atoms. The first kappa shape index (κ1) is 13.4. The summed E-state index contributed by atoms with van der Waals surface area (Å²) in [6, 6.07) is 9.86. The van der Waals surface area contributed by atoms with Gasteiger partial charge in [-0.05, 0) is 24.3 Å². The van der Waals surface area contributed by atoms with Crippen molar-refractivity contribution >= 4 is 11.6 Å². The molecule has 1 aromatic heterocycles. The van der Waals surface area contributed by atoms with Crippen molar-refractivity contribution in [3.8, 4) is 17.6 Å². The van der Waals surface area contributed by atoms with E-state index in [1.807, 2.05) is 18.2 Å². The first-order valence-electron chi connectivity index (χ1n) is 5.66. The van der Waals surface area contributed by atoms with E-state index >= 15 is 0 Å². The highest BCUT2D eigenvalue weighted by Crippen LogP contribution is 2.17. The lowest BCUT2D eigenvalue weighted by Gasteiger charge is -2.06. The van der Waals surface area contributed by atoms with E-state index in [0.717, 1.165) is 5.69 Å². The van der Waals surface area contributed by atoms with Crippen LogP contribution in [0.25, 0.3) is 0 Å². The quantitative estimate of drug-likeness (QED) is 0.633. The van der Waals surface area contributed by atoms with Crippen LogP contribution in [0, 0.1) is 17.7 Å². The molecule has 0 amide bonds. The molecule has 0 unspecified atom stereocenters. The molecule has 0 spiro atoms. The minimum Gasteiger partial charge on any atom is -0.487 e. The van der Waals surface area contributed by atoms with Crippen LogP contribution in [-0.4, -0.2) is 10.9 Å². The lowest BCUT2D eigenvalue weighted by Crippen LogP contribution is -1.98. The van der Waals surface area contributed by atoms with Gasteiger partial charge in [-0.15, -0.1) is 11.6 Å². The molecule has 0 atom stereocenters. The van der Waals surface area contributed by atoms with Crippen LogP contribution in [0.2, 0.25) is 0 Å². The fourth-order valence-electron chi connectivity index (χ4n) is 1.49. The molecule has 2 aromatic rings. The predicted molar refractivity (Wildman–Crippen MR) is 72.6 cm³/mol. The molecule has 0 radical (unpaired) electrons. The molecule has 2 rings (SSSR count). The minimum atomic E-state index is -0.391. The smallest absolute Gasteiger partial charge is 0.130 e. The van der Waals surface area contributed by atoms with Gasteiger partial charge in [-0.2, -0.15) is 0 Å². The van der Waals surface area contributed by atoms with Gasteiger partial charge < -0.3 is 4.74 Å². The van der Waals surface area contributed by atoms with E-state index < -0.39 is 5.82 Å². The van der Waals surface area contributed by atoms with Crippen LogP contribution < -0.4 is 4.74 Å². The third-order valence-corrected chi connectivity index (χ3v) is 2.42. The van der Waals surface area contributed by atoms with Gasteiger partial charge in [0.25, 0.3) is 0 Å². The molecule has 0 saturated carbocycles. The fourth-order valence-corrected chi connectivity index (χ4v) is 1.56. The van der Waals surface area contributed by atoms with E-state index in [1.54, 1.807) is 12.3 Å². The molecule has 1 aromatic carbocycles. The number of ether oxygens (including phenoxy) is 1. The van der Waals surface area contributed by atoms with E-state index in [-0.39, 0.29) is 12.5 Å². The molecule has 0 aliphatic carbocycles. The zero-order valence-electron chi connectivity index (χ0n) is 10.1. The number of hydrogen-bond donors (Lipinski definition) is 0. The van der Waals surface area contributed by atoms with E-state index in [2.05, 4.69) is 16.8 Å². The molecule has 0 N–H and O–H groups in total. The Labute approximate surface area is 116 Å². The van der Waals surface area contributed by atoms with Gasteiger partial charge in [0.1, 0.15) is 18.2 Å². The van der Waals surface area contributed by atoms with Gasteiger partial charge in [0.2, 0.25) is 0 Å². The van der Waals surface area contributed by atoms with Crippen LogP contribution in [0.3, 0.4) is 0 Å². The first-order valence-corrected chi connectivity index (χ1v) is 6.19. The Morgan fingerprint density at radius 3 is 2.89 bits per heavy atom. The summed E-state index contributed by atoms with van der Waals surface area (Å²) in [5.74, 6) is 5.67. The molecule has 96 valence electrons. The number of benzene rings is 1.